The highest BCUT2D eigenvalue weighted by molar-refractivity contribution is 7.90. The number of amides is 1. The number of nitrogens with zero attached hydrogens (tertiary/aromatic N) is 3. The number of ether oxygens (including phenoxy) is 1. The minimum atomic E-state index is -3.55. The minimum Gasteiger partial charge on any atom is -0.444 e. The average molecular weight is 428 g/mol. The Bertz CT molecular complexity index is 1010. The minimum absolute atomic E-state index is 0.00422. The summed E-state index contributed by atoms with van der Waals surface area (Å²) in [6.45, 7) is 8.43. The van der Waals surface area contributed by atoms with E-state index in [1.54, 1.807) is 27.7 Å². The largest absolute Gasteiger partial charge is 0.444 e. The number of sulfone groups is 1. The van der Waals surface area contributed by atoms with Gasteiger partial charge >= 0.3 is 6.09 Å². The fourth-order valence-corrected chi connectivity index (χ4v) is 4.77. The lowest BCUT2D eigenvalue weighted by Crippen LogP contribution is -2.45. The summed E-state index contributed by atoms with van der Waals surface area (Å²) >= 11 is 6.40. The van der Waals surface area contributed by atoms with Crippen molar-refractivity contribution in [3.63, 3.8) is 0 Å². The second-order valence-electron chi connectivity index (χ2n) is 8.40. The summed E-state index contributed by atoms with van der Waals surface area (Å²) < 4.78 is 32.0. The van der Waals surface area contributed by atoms with Gasteiger partial charge in [0.25, 0.3) is 0 Å². The van der Waals surface area contributed by atoms with E-state index < -0.39 is 15.4 Å². The van der Waals surface area contributed by atoms with Gasteiger partial charge in [0.15, 0.2) is 0 Å². The zero-order valence-corrected chi connectivity index (χ0v) is 18.3. The Morgan fingerprint density at radius 2 is 2.00 bits per heavy atom. The number of piperidine rings is 1. The Morgan fingerprint density at radius 1 is 1.32 bits per heavy atom. The van der Waals surface area contributed by atoms with Crippen LogP contribution in [0.5, 0.6) is 0 Å². The molecule has 9 heteroatoms. The number of benzene rings is 1. The number of carbonyl (C=O) groups is 1. The molecule has 1 aromatic heterocycles. The van der Waals surface area contributed by atoms with Gasteiger partial charge in [-0.2, -0.15) is 0 Å². The van der Waals surface area contributed by atoms with Crippen molar-refractivity contribution in [1.29, 1.82) is 0 Å². The van der Waals surface area contributed by atoms with Crippen molar-refractivity contribution in [2.45, 2.75) is 50.9 Å². The van der Waals surface area contributed by atoms with Crippen LogP contribution in [0, 0.1) is 5.92 Å². The van der Waals surface area contributed by atoms with E-state index in [9.17, 15) is 13.2 Å². The maximum absolute atomic E-state index is 12.4. The summed E-state index contributed by atoms with van der Waals surface area (Å²) in [6.07, 6.45) is 1.38. The van der Waals surface area contributed by atoms with Crippen molar-refractivity contribution >= 4 is 38.6 Å². The van der Waals surface area contributed by atoms with Gasteiger partial charge in [-0.15, -0.1) is 0 Å². The van der Waals surface area contributed by atoms with E-state index in [4.69, 9.17) is 16.3 Å². The first-order valence-electron chi connectivity index (χ1n) is 9.23. The van der Waals surface area contributed by atoms with Crippen molar-refractivity contribution in [2.75, 3.05) is 19.3 Å². The highest BCUT2D eigenvalue weighted by atomic mass is 35.5. The van der Waals surface area contributed by atoms with Crippen LogP contribution in [0.1, 0.15) is 40.2 Å². The topological polar surface area (TPSA) is 81.5 Å². The lowest BCUT2D eigenvalue weighted by Gasteiger charge is -2.38. The molecule has 0 unspecified atom stereocenters. The van der Waals surface area contributed by atoms with Crippen molar-refractivity contribution in [3.05, 3.63) is 23.2 Å². The maximum Gasteiger partial charge on any atom is 0.410 e. The molecule has 1 fully saturated rings. The number of imidazole rings is 1. The van der Waals surface area contributed by atoms with Gasteiger partial charge in [0.1, 0.15) is 5.60 Å². The molecule has 28 heavy (non-hydrogen) atoms. The summed E-state index contributed by atoms with van der Waals surface area (Å²) in [5.41, 5.74) is 0.608. The van der Waals surface area contributed by atoms with Gasteiger partial charge in [0.2, 0.25) is 15.0 Å². The first-order chi connectivity index (χ1) is 12.9. The molecule has 154 valence electrons. The summed E-state index contributed by atoms with van der Waals surface area (Å²) in [7, 11) is -3.55. The van der Waals surface area contributed by atoms with Crippen LogP contribution in [0.25, 0.3) is 11.0 Å². The summed E-state index contributed by atoms with van der Waals surface area (Å²) in [5, 5.41) is 0.472. The molecule has 1 aliphatic rings. The summed E-state index contributed by atoms with van der Waals surface area (Å²) in [5.74, 6) is -0.00422. The average Bonchev–Trinajstić information content (AvgIpc) is 2.94. The maximum atomic E-state index is 12.4. The predicted octanol–water partition coefficient (Wildman–Crippen LogP) is 3.91. The SMILES string of the molecule is C[C@H]1CN(C(=O)OC(C)(C)C)CC[C@@H]1n1c(S(C)(=O)=O)nc2cccc(Cl)c21. The number of para-hydroxylation sites is 1. The molecule has 1 saturated heterocycles. The van der Waals surface area contributed by atoms with E-state index >= 15 is 0 Å². The fourth-order valence-electron chi connectivity index (χ4n) is 3.66. The Hall–Kier alpha value is -1.80. The van der Waals surface area contributed by atoms with Crippen LogP contribution in [0.15, 0.2) is 23.4 Å². The van der Waals surface area contributed by atoms with Crippen LogP contribution in [-0.2, 0) is 14.6 Å². The molecule has 1 aromatic carbocycles. The van der Waals surface area contributed by atoms with E-state index in [1.807, 2.05) is 27.7 Å². The van der Waals surface area contributed by atoms with Crippen LogP contribution >= 0.6 is 11.6 Å². The third kappa shape index (κ3) is 4.12. The van der Waals surface area contributed by atoms with Crippen LogP contribution in [0.4, 0.5) is 4.79 Å². The quantitative estimate of drug-likeness (QED) is 0.725. The van der Waals surface area contributed by atoms with E-state index in [1.165, 1.54) is 0 Å². The third-order valence-corrected chi connectivity index (χ3v) is 6.06. The zero-order chi connectivity index (χ0) is 20.9. The standard InChI is InChI=1S/C19H26ClN3O4S/c1-12-11-22(18(24)27-19(2,3)4)10-9-15(12)23-16-13(20)7-6-8-14(16)21-17(23)28(5,25)26/h6-8,12,15H,9-11H2,1-5H3/t12-,15-/m0/s1. The predicted molar refractivity (Wildman–Crippen MR) is 108 cm³/mol. The first-order valence-corrected chi connectivity index (χ1v) is 11.5. The molecule has 7 nitrogen and oxygen atoms in total. The first kappa shape index (κ1) is 20.9. The number of rotatable bonds is 2. The molecular weight excluding hydrogens is 402 g/mol. The summed E-state index contributed by atoms with van der Waals surface area (Å²) in [4.78, 5) is 18.4. The number of hydrogen-bond donors (Lipinski definition) is 0. The Kier molecular flexibility index (Phi) is 5.40. The molecular formula is C19H26ClN3O4S. The highest BCUT2D eigenvalue weighted by Crippen LogP contribution is 2.36. The number of likely N-dealkylation sites (tertiary alicyclic amines) is 1. The van der Waals surface area contributed by atoms with Crippen LogP contribution in [0.2, 0.25) is 5.02 Å². The molecule has 0 aliphatic carbocycles. The van der Waals surface area contributed by atoms with Crippen LogP contribution in [-0.4, -0.2) is 53.9 Å². The Morgan fingerprint density at radius 3 is 2.57 bits per heavy atom. The molecule has 2 heterocycles. The number of fused-ring (bicyclic) bond motifs is 1. The van der Waals surface area contributed by atoms with Crippen molar-refractivity contribution in [1.82, 2.24) is 14.5 Å². The Balaban J connectivity index is 1.97. The normalized spacial score (nSPS) is 21.1. The third-order valence-electron chi connectivity index (χ3n) is 4.80. The molecule has 0 spiro atoms. The van der Waals surface area contributed by atoms with Gasteiger partial charge in [0.05, 0.1) is 16.1 Å². The van der Waals surface area contributed by atoms with E-state index in [0.29, 0.717) is 35.6 Å². The zero-order valence-electron chi connectivity index (χ0n) is 16.8. The molecule has 2 aromatic rings. The number of carbonyl (C=O) groups excluding carboxylic acids is 1. The van der Waals surface area contributed by atoms with Crippen molar-refractivity contribution in [2.24, 2.45) is 5.92 Å². The van der Waals surface area contributed by atoms with Crippen molar-refractivity contribution < 1.29 is 17.9 Å². The molecule has 0 bridgehead atoms. The van der Waals surface area contributed by atoms with Gasteiger partial charge in [-0.05, 0) is 45.2 Å². The van der Waals surface area contributed by atoms with Gasteiger partial charge in [-0.3, -0.25) is 0 Å². The second kappa shape index (κ2) is 7.22. The molecule has 0 radical (unpaired) electrons. The summed E-state index contributed by atoms with van der Waals surface area (Å²) in [6, 6.07) is 5.10. The molecule has 1 aliphatic heterocycles. The number of aromatic nitrogens is 2. The van der Waals surface area contributed by atoms with Crippen LogP contribution in [0.3, 0.4) is 0 Å². The van der Waals surface area contributed by atoms with E-state index in [2.05, 4.69) is 4.98 Å². The smallest absolute Gasteiger partial charge is 0.410 e. The van der Waals surface area contributed by atoms with Crippen LogP contribution < -0.4 is 0 Å². The lowest BCUT2D eigenvalue weighted by atomic mass is 9.93. The van der Waals surface area contributed by atoms with E-state index in [-0.39, 0.29) is 23.2 Å². The molecule has 0 N–H and O–H groups in total. The van der Waals surface area contributed by atoms with Gasteiger partial charge in [-0.1, -0.05) is 24.6 Å². The fraction of sp³-hybridized carbons (Fsp3) is 0.579. The van der Waals surface area contributed by atoms with Gasteiger partial charge in [-0.25, -0.2) is 18.2 Å². The highest BCUT2D eigenvalue weighted by Gasteiger charge is 2.35. The van der Waals surface area contributed by atoms with Gasteiger partial charge in [0, 0.05) is 25.4 Å². The van der Waals surface area contributed by atoms with E-state index in [0.717, 1.165) is 6.26 Å². The Labute approximate surface area is 170 Å². The van der Waals surface area contributed by atoms with Crippen molar-refractivity contribution in [3.8, 4) is 0 Å². The molecule has 1 amide bonds. The van der Waals surface area contributed by atoms with Gasteiger partial charge < -0.3 is 14.2 Å². The lowest BCUT2D eigenvalue weighted by molar-refractivity contribution is 0.0122. The number of hydrogen-bond acceptors (Lipinski definition) is 5. The number of halogens is 1. The second-order valence-corrected chi connectivity index (χ2v) is 10.7. The molecule has 3 rings (SSSR count). The monoisotopic (exact) mass is 427 g/mol. The molecule has 0 saturated carbocycles. The molecule has 2 atom stereocenters.